The van der Waals surface area contributed by atoms with E-state index in [-0.39, 0.29) is 19.6 Å². The standard InChI is InChI=1S/C11H17N5O3/c1-3-5-16(7-10(17)18)11(19)12-6-9-14-13-8-15(9)4-2/h3,8H,1,4-7H2,2H3,(H,12,19)(H,17,18). The Bertz CT molecular complexity index is 457. The molecule has 0 aromatic carbocycles. The van der Waals surface area contributed by atoms with Gasteiger partial charge in [-0.2, -0.15) is 0 Å². The molecule has 0 saturated carbocycles. The monoisotopic (exact) mass is 267 g/mol. The van der Waals surface area contributed by atoms with Crippen LogP contribution >= 0.6 is 0 Å². The number of aryl methyl sites for hydroxylation is 1. The first-order valence-electron chi connectivity index (χ1n) is 5.80. The van der Waals surface area contributed by atoms with Crippen LogP contribution in [0.2, 0.25) is 0 Å². The van der Waals surface area contributed by atoms with E-state index in [9.17, 15) is 9.59 Å². The number of urea groups is 1. The number of hydrogen-bond donors (Lipinski definition) is 2. The zero-order valence-electron chi connectivity index (χ0n) is 10.7. The van der Waals surface area contributed by atoms with Gasteiger partial charge in [-0.1, -0.05) is 6.08 Å². The van der Waals surface area contributed by atoms with Crippen LogP contribution in [-0.4, -0.2) is 49.9 Å². The molecule has 0 bridgehead atoms. The first kappa shape index (κ1) is 14.7. The molecule has 0 aliphatic heterocycles. The highest BCUT2D eigenvalue weighted by Gasteiger charge is 2.15. The number of aliphatic carboxylic acids is 1. The van der Waals surface area contributed by atoms with E-state index in [0.29, 0.717) is 12.4 Å². The number of amides is 2. The Morgan fingerprint density at radius 3 is 2.95 bits per heavy atom. The lowest BCUT2D eigenvalue weighted by atomic mass is 10.4. The molecular formula is C11H17N5O3. The topological polar surface area (TPSA) is 100 Å². The zero-order chi connectivity index (χ0) is 14.3. The Hall–Kier alpha value is -2.38. The van der Waals surface area contributed by atoms with Gasteiger partial charge in [0, 0.05) is 13.1 Å². The first-order chi connectivity index (χ1) is 9.08. The number of nitrogens with one attached hydrogen (secondary N) is 1. The number of carboxylic acids is 1. The maximum Gasteiger partial charge on any atom is 0.323 e. The van der Waals surface area contributed by atoms with Crippen molar-refractivity contribution in [2.24, 2.45) is 0 Å². The summed E-state index contributed by atoms with van der Waals surface area (Å²) >= 11 is 0. The fourth-order valence-corrected chi connectivity index (χ4v) is 1.48. The van der Waals surface area contributed by atoms with E-state index in [0.717, 1.165) is 4.90 Å². The Labute approximate surface area is 110 Å². The SMILES string of the molecule is C=CCN(CC(=O)O)C(=O)NCc1nncn1CC. The minimum Gasteiger partial charge on any atom is -0.480 e. The second kappa shape index (κ2) is 7.14. The first-order valence-corrected chi connectivity index (χ1v) is 5.80. The Morgan fingerprint density at radius 2 is 2.37 bits per heavy atom. The molecule has 0 atom stereocenters. The molecule has 19 heavy (non-hydrogen) atoms. The predicted molar refractivity (Wildman–Crippen MR) is 67.3 cm³/mol. The Kier molecular flexibility index (Phi) is 5.52. The molecule has 8 nitrogen and oxygen atoms in total. The van der Waals surface area contributed by atoms with Crippen LogP contribution in [0.4, 0.5) is 4.79 Å². The van der Waals surface area contributed by atoms with Crippen LogP contribution in [0.15, 0.2) is 19.0 Å². The highest BCUT2D eigenvalue weighted by Crippen LogP contribution is 1.96. The minimum atomic E-state index is -1.08. The summed E-state index contributed by atoms with van der Waals surface area (Å²) in [5.41, 5.74) is 0. The molecule has 8 heteroatoms. The molecular weight excluding hydrogens is 250 g/mol. The molecule has 0 saturated heterocycles. The molecule has 0 spiro atoms. The molecule has 1 rings (SSSR count). The van der Waals surface area contributed by atoms with Crippen molar-refractivity contribution in [2.45, 2.75) is 20.0 Å². The van der Waals surface area contributed by atoms with Crippen molar-refractivity contribution in [1.82, 2.24) is 25.0 Å². The summed E-state index contributed by atoms with van der Waals surface area (Å²) in [6, 6.07) is -0.479. The molecule has 2 N–H and O–H groups in total. The number of hydrogen-bond acceptors (Lipinski definition) is 4. The Morgan fingerprint density at radius 1 is 1.63 bits per heavy atom. The fraction of sp³-hybridized carbons (Fsp3) is 0.455. The summed E-state index contributed by atoms with van der Waals surface area (Å²) in [5, 5.41) is 18.9. The van der Waals surface area contributed by atoms with Crippen molar-refractivity contribution in [3.8, 4) is 0 Å². The number of aromatic nitrogens is 3. The van der Waals surface area contributed by atoms with E-state index >= 15 is 0 Å². The van der Waals surface area contributed by atoms with Gasteiger partial charge in [0.15, 0.2) is 5.82 Å². The van der Waals surface area contributed by atoms with E-state index < -0.39 is 12.0 Å². The second-order valence-corrected chi connectivity index (χ2v) is 3.75. The molecule has 0 aliphatic carbocycles. The van der Waals surface area contributed by atoms with Crippen molar-refractivity contribution in [2.75, 3.05) is 13.1 Å². The maximum atomic E-state index is 11.8. The lowest BCUT2D eigenvalue weighted by molar-refractivity contribution is -0.137. The zero-order valence-corrected chi connectivity index (χ0v) is 10.7. The van der Waals surface area contributed by atoms with Crippen molar-refractivity contribution in [3.05, 3.63) is 24.8 Å². The fourth-order valence-electron chi connectivity index (χ4n) is 1.48. The minimum absolute atomic E-state index is 0.165. The largest absolute Gasteiger partial charge is 0.480 e. The van der Waals surface area contributed by atoms with E-state index in [1.807, 2.05) is 6.92 Å². The van der Waals surface area contributed by atoms with E-state index in [1.165, 1.54) is 6.08 Å². The molecule has 0 radical (unpaired) electrons. The molecule has 1 aromatic heterocycles. The van der Waals surface area contributed by atoms with Gasteiger partial charge in [0.2, 0.25) is 0 Å². The highest BCUT2D eigenvalue weighted by molar-refractivity contribution is 5.80. The second-order valence-electron chi connectivity index (χ2n) is 3.75. The normalized spacial score (nSPS) is 9.95. The average Bonchev–Trinajstić information content (AvgIpc) is 2.82. The van der Waals surface area contributed by atoms with Crippen LogP contribution in [-0.2, 0) is 17.9 Å². The van der Waals surface area contributed by atoms with Crippen LogP contribution in [0.1, 0.15) is 12.7 Å². The molecule has 0 fully saturated rings. The quantitative estimate of drug-likeness (QED) is 0.681. The summed E-state index contributed by atoms with van der Waals surface area (Å²) in [6.45, 7) is 6.10. The van der Waals surface area contributed by atoms with Crippen LogP contribution < -0.4 is 5.32 Å². The van der Waals surface area contributed by atoms with Crippen molar-refractivity contribution in [3.63, 3.8) is 0 Å². The number of carbonyl (C=O) groups is 2. The molecule has 1 aromatic rings. The summed E-state index contributed by atoms with van der Waals surface area (Å²) < 4.78 is 1.79. The summed E-state index contributed by atoms with van der Waals surface area (Å²) in [5.74, 6) is -0.460. The number of rotatable bonds is 7. The van der Waals surface area contributed by atoms with Gasteiger partial charge >= 0.3 is 12.0 Å². The van der Waals surface area contributed by atoms with E-state index in [4.69, 9.17) is 5.11 Å². The van der Waals surface area contributed by atoms with Gasteiger partial charge in [-0.3, -0.25) is 4.79 Å². The molecule has 0 unspecified atom stereocenters. The predicted octanol–water partition coefficient (Wildman–Crippen LogP) is 0.0802. The number of carbonyl (C=O) groups excluding carboxylic acids is 1. The van der Waals surface area contributed by atoms with Crippen molar-refractivity contribution >= 4 is 12.0 Å². The van der Waals surface area contributed by atoms with Gasteiger partial charge in [-0.25, -0.2) is 4.79 Å². The van der Waals surface area contributed by atoms with Crippen LogP contribution in [0.3, 0.4) is 0 Å². The molecule has 104 valence electrons. The number of carboxylic acid groups (broad SMARTS) is 1. The van der Waals surface area contributed by atoms with E-state index in [2.05, 4.69) is 22.1 Å². The van der Waals surface area contributed by atoms with Gasteiger partial charge in [0.05, 0.1) is 6.54 Å². The maximum absolute atomic E-state index is 11.8. The smallest absolute Gasteiger partial charge is 0.323 e. The van der Waals surface area contributed by atoms with Crippen molar-refractivity contribution in [1.29, 1.82) is 0 Å². The lowest BCUT2D eigenvalue weighted by Gasteiger charge is -2.19. The van der Waals surface area contributed by atoms with E-state index in [1.54, 1.807) is 10.9 Å². The molecule has 2 amide bonds. The van der Waals surface area contributed by atoms with Crippen LogP contribution in [0.25, 0.3) is 0 Å². The van der Waals surface area contributed by atoms with Gasteiger partial charge in [0.25, 0.3) is 0 Å². The summed E-state index contributed by atoms with van der Waals surface area (Å²) in [6.07, 6.45) is 3.04. The Balaban J connectivity index is 2.56. The third-order valence-electron chi connectivity index (χ3n) is 2.40. The molecule has 0 aliphatic rings. The third-order valence-corrected chi connectivity index (χ3v) is 2.40. The van der Waals surface area contributed by atoms with Gasteiger partial charge < -0.3 is 19.9 Å². The third kappa shape index (κ3) is 4.41. The lowest BCUT2D eigenvalue weighted by Crippen LogP contribution is -2.42. The average molecular weight is 267 g/mol. The molecule has 1 heterocycles. The number of nitrogens with zero attached hydrogens (tertiary/aromatic N) is 4. The summed E-state index contributed by atoms with van der Waals surface area (Å²) in [7, 11) is 0. The van der Waals surface area contributed by atoms with Gasteiger partial charge in [-0.15, -0.1) is 16.8 Å². The van der Waals surface area contributed by atoms with Crippen molar-refractivity contribution < 1.29 is 14.7 Å². The highest BCUT2D eigenvalue weighted by atomic mass is 16.4. The van der Waals surface area contributed by atoms with Crippen LogP contribution in [0.5, 0.6) is 0 Å². The van der Waals surface area contributed by atoms with Crippen LogP contribution in [0, 0.1) is 0 Å². The van der Waals surface area contributed by atoms with Gasteiger partial charge in [0.1, 0.15) is 12.9 Å². The van der Waals surface area contributed by atoms with Gasteiger partial charge in [-0.05, 0) is 6.92 Å². The summed E-state index contributed by atoms with van der Waals surface area (Å²) in [4.78, 5) is 23.6.